The topological polar surface area (TPSA) is 88.9 Å². The number of nitriles is 1. The molecule has 0 aliphatic carbocycles. The Morgan fingerprint density at radius 3 is 2.62 bits per heavy atom. The molecule has 132 valence electrons. The zero-order valence-electron chi connectivity index (χ0n) is 14.9. The number of aryl methyl sites for hydroxylation is 2. The monoisotopic (exact) mass is 349 g/mol. The molecule has 1 heterocycles. The summed E-state index contributed by atoms with van der Waals surface area (Å²) in [7, 11) is 0. The van der Waals surface area contributed by atoms with E-state index >= 15 is 0 Å². The molecule has 6 heteroatoms. The molecule has 0 N–H and O–H groups in total. The number of Topliss-reactive ketones (excluding diaryl/α,β-unsaturated/α-hetero) is 1. The van der Waals surface area contributed by atoms with Crippen molar-refractivity contribution >= 4 is 17.5 Å². The third-order valence-corrected chi connectivity index (χ3v) is 4.24. The summed E-state index contributed by atoms with van der Waals surface area (Å²) in [6.45, 7) is 9.61. The number of rotatable bonds is 6. The van der Waals surface area contributed by atoms with E-state index in [1.165, 1.54) is 12.1 Å². The Kier molecular flexibility index (Phi) is 5.53. The summed E-state index contributed by atoms with van der Waals surface area (Å²) >= 11 is 0. The molecule has 0 atom stereocenters. The maximum atomic E-state index is 12.8. The highest BCUT2D eigenvalue weighted by Crippen LogP contribution is 2.23. The van der Waals surface area contributed by atoms with Crippen LogP contribution in [0.4, 0.5) is 5.69 Å². The van der Waals surface area contributed by atoms with Gasteiger partial charge in [-0.1, -0.05) is 18.2 Å². The van der Waals surface area contributed by atoms with Crippen LogP contribution in [0.1, 0.15) is 32.9 Å². The molecule has 0 aliphatic heterocycles. The van der Waals surface area contributed by atoms with Gasteiger partial charge in [-0.25, -0.2) is 0 Å². The van der Waals surface area contributed by atoms with E-state index in [1.54, 1.807) is 31.2 Å². The van der Waals surface area contributed by atoms with Gasteiger partial charge in [-0.3, -0.25) is 14.9 Å². The smallest absolute Gasteiger partial charge is 0.272 e. The molecule has 0 saturated carbocycles. The van der Waals surface area contributed by atoms with Crippen molar-refractivity contribution in [3.63, 3.8) is 0 Å². The lowest BCUT2D eigenvalue weighted by Gasteiger charge is -2.06. The molecule has 0 radical (unpaired) electrons. The number of ketones is 1. The predicted octanol–water partition coefficient (Wildman–Crippen LogP) is 4.30. The summed E-state index contributed by atoms with van der Waals surface area (Å²) in [5.74, 6) is -0.404. The van der Waals surface area contributed by atoms with E-state index in [4.69, 9.17) is 0 Å². The van der Waals surface area contributed by atoms with Gasteiger partial charge in [-0.15, -0.1) is 6.58 Å². The third kappa shape index (κ3) is 3.62. The van der Waals surface area contributed by atoms with Crippen molar-refractivity contribution in [2.24, 2.45) is 0 Å². The number of nitro groups is 1. The second kappa shape index (κ2) is 7.62. The Labute approximate surface area is 151 Å². The highest BCUT2D eigenvalue weighted by Gasteiger charge is 2.19. The van der Waals surface area contributed by atoms with Crippen LogP contribution >= 0.6 is 0 Å². The van der Waals surface area contributed by atoms with E-state index in [0.717, 1.165) is 11.4 Å². The lowest BCUT2D eigenvalue weighted by Crippen LogP contribution is -2.06. The fraction of sp³-hybridized carbons (Fsp3) is 0.200. The lowest BCUT2D eigenvalue weighted by molar-refractivity contribution is -0.385. The summed E-state index contributed by atoms with van der Waals surface area (Å²) in [6, 6.07) is 8.26. The number of hydrogen-bond donors (Lipinski definition) is 0. The zero-order chi connectivity index (χ0) is 19.4. The number of carbonyl (C=O) groups excluding carboxylic acids is 1. The van der Waals surface area contributed by atoms with Gasteiger partial charge in [0, 0.05) is 35.1 Å². The number of carbonyl (C=O) groups is 1. The minimum absolute atomic E-state index is 0.0485. The average Bonchev–Trinajstić information content (AvgIpc) is 2.88. The number of benzene rings is 1. The summed E-state index contributed by atoms with van der Waals surface area (Å²) < 4.78 is 1.94. The summed E-state index contributed by atoms with van der Waals surface area (Å²) in [6.07, 6.45) is 3.12. The van der Waals surface area contributed by atoms with Gasteiger partial charge < -0.3 is 4.57 Å². The summed E-state index contributed by atoms with van der Waals surface area (Å²) in [4.78, 5) is 23.4. The molecule has 26 heavy (non-hydrogen) atoms. The van der Waals surface area contributed by atoms with Crippen LogP contribution in [-0.2, 0) is 6.54 Å². The van der Waals surface area contributed by atoms with Crippen molar-refractivity contribution in [2.75, 3.05) is 0 Å². The van der Waals surface area contributed by atoms with Gasteiger partial charge in [0.25, 0.3) is 5.69 Å². The van der Waals surface area contributed by atoms with Crippen LogP contribution in [-0.4, -0.2) is 15.3 Å². The van der Waals surface area contributed by atoms with Crippen LogP contribution in [0.3, 0.4) is 0 Å². The molecule has 1 aromatic carbocycles. The van der Waals surface area contributed by atoms with Gasteiger partial charge in [0.1, 0.15) is 11.6 Å². The standard InChI is InChI=1S/C20H19N3O3/c1-5-8-22-14(3)9-18(15(22)4)20(24)17(12-21)10-16-7-6-13(2)19(11-16)23(25)26/h5-7,9-11H,1,8H2,2-4H3/b17-10+. The first kappa shape index (κ1) is 18.9. The maximum absolute atomic E-state index is 12.8. The van der Waals surface area contributed by atoms with Crippen LogP contribution in [0.15, 0.2) is 42.5 Å². The van der Waals surface area contributed by atoms with E-state index in [2.05, 4.69) is 6.58 Å². The summed E-state index contributed by atoms with van der Waals surface area (Å²) in [5, 5.41) is 20.5. The summed E-state index contributed by atoms with van der Waals surface area (Å²) in [5.41, 5.74) is 2.93. The molecular weight excluding hydrogens is 330 g/mol. The van der Waals surface area contributed by atoms with Crippen LogP contribution < -0.4 is 0 Å². The van der Waals surface area contributed by atoms with Gasteiger partial charge >= 0.3 is 0 Å². The molecule has 0 bridgehead atoms. The molecular formula is C20H19N3O3. The van der Waals surface area contributed by atoms with Crippen LogP contribution in [0.25, 0.3) is 6.08 Å². The molecule has 1 aromatic heterocycles. The third-order valence-electron chi connectivity index (χ3n) is 4.24. The first-order chi connectivity index (χ1) is 12.3. The van der Waals surface area contributed by atoms with Crippen LogP contribution in [0.5, 0.6) is 0 Å². The van der Waals surface area contributed by atoms with Crippen molar-refractivity contribution < 1.29 is 9.72 Å². The second-order valence-corrected chi connectivity index (χ2v) is 5.99. The quantitative estimate of drug-likeness (QED) is 0.194. The minimum Gasteiger partial charge on any atom is -0.345 e. The SMILES string of the molecule is C=CCn1c(C)cc(C(=O)/C(C#N)=C/c2ccc(C)c([N+](=O)[O-])c2)c1C. The van der Waals surface area contributed by atoms with Crippen LogP contribution in [0.2, 0.25) is 0 Å². The van der Waals surface area contributed by atoms with Crippen molar-refractivity contribution in [1.29, 1.82) is 5.26 Å². The fourth-order valence-electron chi connectivity index (χ4n) is 2.81. The molecule has 0 fully saturated rings. The first-order valence-electron chi connectivity index (χ1n) is 7.99. The number of hydrogen-bond acceptors (Lipinski definition) is 4. The molecule has 0 aliphatic rings. The Bertz CT molecular complexity index is 975. The Morgan fingerprint density at radius 2 is 2.04 bits per heavy atom. The Balaban J connectivity index is 2.48. The highest BCUT2D eigenvalue weighted by molar-refractivity contribution is 6.14. The first-order valence-corrected chi connectivity index (χ1v) is 7.99. The number of nitro benzene ring substituents is 1. The van der Waals surface area contributed by atoms with Crippen molar-refractivity contribution in [3.05, 3.63) is 80.7 Å². The fourth-order valence-corrected chi connectivity index (χ4v) is 2.81. The van der Waals surface area contributed by atoms with Crippen LogP contribution in [0, 0.1) is 42.2 Å². The predicted molar refractivity (Wildman–Crippen MR) is 99.9 cm³/mol. The largest absolute Gasteiger partial charge is 0.345 e. The van der Waals surface area contributed by atoms with Gasteiger partial charge in [0.2, 0.25) is 5.78 Å². The Hall–Kier alpha value is -3.46. The average molecular weight is 349 g/mol. The highest BCUT2D eigenvalue weighted by atomic mass is 16.6. The van der Waals surface area contributed by atoms with Gasteiger partial charge in [0.15, 0.2) is 0 Å². The van der Waals surface area contributed by atoms with Gasteiger partial charge in [-0.2, -0.15) is 5.26 Å². The van der Waals surface area contributed by atoms with E-state index in [-0.39, 0.29) is 11.3 Å². The van der Waals surface area contributed by atoms with Crippen molar-refractivity contribution in [3.8, 4) is 6.07 Å². The normalized spacial score (nSPS) is 11.1. The van der Waals surface area contributed by atoms with E-state index in [1.807, 2.05) is 24.5 Å². The molecule has 6 nitrogen and oxygen atoms in total. The second-order valence-electron chi connectivity index (χ2n) is 5.99. The molecule has 0 amide bonds. The zero-order valence-corrected chi connectivity index (χ0v) is 14.9. The minimum atomic E-state index is -0.483. The maximum Gasteiger partial charge on any atom is 0.272 e. The lowest BCUT2D eigenvalue weighted by atomic mass is 10.0. The molecule has 2 rings (SSSR count). The van der Waals surface area contributed by atoms with Gasteiger partial charge in [-0.05, 0) is 38.5 Å². The molecule has 2 aromatic rings. The Morgan fingerprint density at radius 1 is 1.35 bits per heavy atom. The van der Waals surface area contributed by atoms with Crippen molar-refractivity contribution in [2.45, 2.75) is 27.3 Å². The number of nitrogens with zero attached hydrogens (tertiary/aromatic N) is 3. The molecule has 0 saturated heterocycles. The molecule has 0 unspecified atom stereocenters. The number of allylic oxidation sites excluding steroid dienone is 2. The van der Waals surface area contributed by atoms with Crippen molar-refractivity contribution in [1.82, 2.24) is 4.57 Å². The van der Waals surface area contributed by atoms with E-state index in [9.17, 15) is 20.2 Å². The molecule has 0 spiro atoms. The van der Waals surface area contributed by atoms with E-state index < -0.39 is 10.7 Å². The number of aromatic nitrogens is 1. The van der Waals surface area contributed by atoms with E-state index in [0.29, 0.717) is 23.2 Å². The van der Waals surface area contributed by atoms with Gasteiger partial charge in [0.05, 0.1) is 4.92 Å².